The third-order valence-corrected chi connectivity index (χ3v) is 5.43. The van der Waals surface area contributed by atoms with Gasteiger partial charge in [0.05, 0.1) is 0 Å². The largest absolute Gasteiger partial charge is 0.455 e. The molecule has 6 rings (SSSR count). The molecule has 6 aromatic rings. The van der Waals surface area contributed by atoms with Gasteiger partial charge in [-0.05, 0) is 23.8 Å². The summed E-state index contributed by atoms with van der Waals surface area (Å²) >= 11 is 0. The van der Waals surface area contributed by atoms with Crippen LogP contribution in [0.15, 0.2) is 101 Å². The molecule has 0 aliphatic heterocycles. The van der Waals surface area contributed by atoms with E-state index in [1.54, 1.807) is 0 Å². The summed E-state index contributed by atoms with van der Waals surface area (Å²) in [7, 11) is 0. The molecule has 0 aliphatic carbocycles. The van der Waals surface area contributed by atoms with Crippen molar-refractivity contribution in [1.82, 2.24) is 4.98 Å². The van der Waals surface area contributed by atoms with E-state index in [-0.39, 0.29) is 0 Å². The zero-order valence-corrected chi connectivity index (χ0v) is 15.1. The Morgan fingerprint density at radius 3 is 2.14 bits per heavy atom. The molecule has 1 N–H and O–H groups in total. The van der Waals surface area contributed by atoms with Gasteiger partial charge in [-0.15, -0.1) is 0 Å². The molecule has 2 nitrogen and oxygen atoms in total. The van der Waals surface area contributed by atoms with Crippen molar-refractivity contribution < 1.29 is 4.42 Å². The second-order valence-electron chi connectivity index (χ2n) is 7.10. The minimum absolute atomic E-state index is 0.910. The number of benzene rings is 4. The van der Waals surface area contributed by atoms with Crippen LogP contribution in [0.5, 0.6) is 0 Å². The minimum atomic E-state index is 0.910. The first-order valence-corrected chi connectivity index (χ1v) is 9.46. The smallest absolute Gasteiger partial charge is 0.143 e. The number of aromatic amines is 1. The van der Waals surface area contributed by atoms with Gasteiger partial charge in [0.25, 0.3) is 0 Å². The van der Waals surface area contributed by atoms with Crippen LogP contribution in [-0.2, 0) is 0 Å². The zero-order valence-electron chi connectivity index (χ0n) is 15.1. The first-order valence-electron chi connectivity index (χ1n) is 9.46. The van der Waals surface area contributed by atoms with E-state index >= 15 is 0 Å². The summed E-state index contributed by atoms with van der Waals surface area (Å²) in [6, 6.07) is 33.7. The Kier molecular flexibility index (Phi) is 3.20. The SMILES string of the molecule is c1ccc(-c2c(-c3ccc4c(c3)[nH]c3ccccc34)oc3ccccc23)cc1. The summed E-state index contributed by atoms with van der Waals surface area (Å²) in [6.07, 6.45) is 0. The summed E-state index contributed by atoms with van der Waals surface area (Å²) in [5.74, 6) is 0.910. The molecule has 0 amide bonds. The lowest BCUT2D eigenvalue weighted by molar-refractivity contribution is 0.632. The molecule has 0 spiro atoms. The van der Waals surface area contributed by atoms with Crippen LogP contribution in [0, 0.1) is 0 Å². The maximum absolute atomic E-state index is 6.35. The first-order chi connectivity index (χ1) is 13.9. The number of fused-ring (bicyclic) bond motifs is 4. The van der Waals surface area contributed by atoms with Crippen LogP contribution in [0.2, 0.25) is 0 Å². The van der Waals surface area contributed by atoms with Crippen molar-refractivity contribution in [3.63, 3.8) is 0 Å². The Morgan fingerprint density at radius 1 is 0.536 bits per heavy atom. The van der Waals surface area contributed by atoms with Crippen LogP contribution in [0.25, 0.3) is 55.2 Å². The summed E-state index contributed by atoms with van der Waals surface area (Å²) in [5, 5.41) is 3.62. The molecule has 2 heteroatoms. The highest BCUT2D eigenvalue weighted by Gasteiger charge is 2.18. The highest BCUT2D eigenvalue weighted by atomic mass is 16.3. The minimum Gasteiger partial charge on any atom is -0.455 e. The molecule has 4 aromatic carbocycles. The van der Waals surface area contributed by atoms with E-state index < -0.39 is 0 Å². The highest BCUT2D eigenvalue weighted by Crippen LogP contribution is 2.41. The maximum atomic E-state index is 6.35. The number of hydrogen-bond acceptors (Lipinski definition) is 1. The van der Waals surface area contributed by atoms with Crippen molar-refractivity contribution in [3.05, 3.63) is 97.1 Å². The average Bonchev–Trinajstić information content (AvgIpc) is 3.32. The fraction of sp³-hybridized carbons (Fsp3) is 0. The topological polar surface area (TPSA) is 28.9 Å². The van der Waals surface area contributed by atoms with Crippen molar-refractivity contribution >= 4 is 32.8 Å². The summed E-state index contributed by atoms with van der Waals surface area (Å²) in [5.41, 5.74) is 6.58. The van der Waals surface area contributed by atoms with E-state index in [0.717, 1.165) is 38.9 Å². The number of para-hydroxylation sites is 2. The lowest BCUT2D eigenvalue weighted by atomic mass is 9.98. The van der Waals surface area contributed by atoms with Crippen molar-refractivity contribution in [3.8, 4) is 22.5 Å². The van der Waals surface area contributed by atoms with Gasteiger partial charge in [-0.2, -0.15) is 0 Å². The molecule has 0 bridgehead atoms. The molecule has 28 heavy (non-hydrogen) atoms. The first kappa shape index (κ1) is 15.3. The van der Waals surface area contributed by atoms with E-state index in [0.29, 0.717) is 0 Å². The normalized spacial score (nSPS) is 11.6. The average molecular weight is 359 g/mol. The second-order valence-corrected chi connectivity index (χ2v) is 7.10. The van der Waals surface area contributed by atoms with Gasteiger partial charge in [-0.3, -0.25) is 0 Å². The predicted octanol–water partition coefficient (Wildman–Crippen LogP) is 7.40. The van der Waals surface area contributed by atoms with Crippen molar-refractivity contribution in [2.75, 3.05) is 0 Å². The predicted molar refractivity (Wildman–Crippen MR) is 116 cm³/mol. The fourth-order valence-electron chi connectivity index (χ4n) is 4.14. The summed E-state index contributed by atoms with van der Waals surface area (Å²) in [4.78, 5) is 3.54. The van der Waals surface area contributed by atoms with E-state index in [9.17, 15) is 0 Å². The van der Waals surface area contributed by atoms with Gasteiger partial charge in [0, 0.05) is 38.3 Å². The summed E-state index contributed by atoms with van der Waals surface area (Å²) < 4.78 is 6.35. The molecular weight excluding hydrogens is 342 g/mol. The van der Waals surface area contributed by atoms with Crippen LogP contribution in [0.3, 0.4) is 0 Å². The number of furan rings is 1. The number of aromatic nitrogens is 1. The zero-order chi connectivity index (χ0) is 18.5. The molecule has 2 heterocycles. The van der Waals surface area contributed by atoms with Crippen LogP contribution < -0.4 is 0 Å². The van der Waals surface area contributed by atoms with Crippen molar-refractivity contribution in [2.24, 2.45) is 0 Å². The highest BCUT2D eigenvalue weighted by molar-refractivity contribution is 6.09. The van der Waals surface area contributed by atoms with Crippen LogP contribution >= 0.6 is 0 Å². The Hall–Kier alpha value is -3.78. The third kappa shape index (κ3) is 2.21. The van der Waals surface area contributed by atoms with E-state index in [2.05, 4.69) is 83.8 Å². The van der Waals surface area contributed by atoms with E-state index in [4.69, 9.17) is 4.42 Å². The van der Waals surface area contributed by atoms with E-state index in [1.165, 1.54) is 16.3 Å². The van der Waals surface area contributed by atoms with Gasteiger partial charge < -0.3 is 9.40 Å². The maximum Gasteiger partial charge on any atom is 0.143 e. The van der Waals surface area contributed by atoms with Gasteiger partial charge in [0.2, 0.25) is 0 Å². The lowest BCUT2D eigenvalue weighted by Crippen LogP contribution is -1.81. The summed E-state index contributed by atoms with van der Waals surface area (Å²) in [6.45, 7) is 0. The molecule has 2 aromatic heterocycles. The Labute approximate surface area is 162 Å². The molecule has 0 saturated carbocycles. The van der Waals surface area contributed by atoms with Gasteiger partial charge >= 0.3 is 0 Å². The van der Waals surface area contributed by atoms with Gasteiger partial charge in [-0.1, -0.05) is 78.9 Å². The molecule has 0 unspecified atom stereocenters. The lowest BCUT2D eigenvalue weighted by Gasteiger charge is -2.04. The Balaban J connectivity index is 1.65. The quantitative estimate of drug-likeness (QED) is 0.343. The Bertz CT molecular complexity index is 1450. The number of nitrogens with one attached hydrogen (secondary N) is 1. The van der Waals surface area contributed by atoms with Gasteiger partial charge in [0.1, 0.15) is 11.3 Å². The molecule has 0 saturated heterocycles. The molecule has 0 fully saturated rings. The molecular formula is C26H17NO. The standard InChI is InChI=1S/C26H17NO/c1-2-8-17(9-3-1)25-21-11-5-7-13-24(21)28-26(25)18-14-15-20-19-10-4-6-12-22(19)27-23(20)16-18/h1-16,27H. The molecule has 132 valence electrons. The van der Waals surface area contributed by atoms with Crippen LogP contribution in [0.1, 0.15) is 0 Å². The molecule has 0 aliphatic rings. The van der Waals surface area contributed by atoms with Crippen LogP contribution in [0.4, 0.5) is 0 Å². The van der Waals surface area contributed by atoms with Gasteiger partial charge in [0.15, 0.2) is 0 Å². The van der Waals surface area contributed by atoms with Crippen molar-refractivity contribution in [2.45, 2.75) is 0 Å². The number of H-pyrrole nitrogens is 1. The fourth-order valence-corrected chi connectivity index (χ4v) is 4.14. The molecule has 0 atom stereocenters. The van der Waals surface area contributed by atoms with E-state index in [1.807, 2.05) is 18.2 Å². The second kappa shape index (κ2) is 5.86. The monoisotopic (exact) mass is 359 g/mol. The van der Waals surface area contributed by atoms with Crippen molar-refractivity contribution in [1.29, 1.82) is 0 Å². The van der Waals surface area contributed by atoms with Gasteiger partial charge in [-0.25, -0.2) is 0 Å². The number of rotatable bonds is 2. The number of hydrogen-bond donors (Lipinski definition) is 1. The van der Waals surface area contributed by atoms with Crippen LogP contribution in [-0.4, -0.2) is 4.98 Å². The third-order valence-electron chi connectivity index (χ3n) is 5.43. The Morgan fingerprint density at radius 2 is 1.25 bits per heavy atom. The molecule has 0 radical (unpaired) electrons.